The first-order chi connectivity index (χ1) is 16.0. The molecule has 1 aromatic heterocycles. The number of anilines is 1. The average Bonchev–Trinajstić information content (AvgIpc) is 3.48. The smallest absolute Gasteiger partial charge is 0.317 e. The molecule has 174 valence electrons. The summed E-state index contributed by atoms with van der Waals surface area (Å²) in [6.45, 7) is 3.00. The summed E-state index contributed by atoms with van der Waals surface area (Å²) in [7, 11) is 1.79. The van der Waals surface area contributed by atoms with Gasteiger partial charge in [-0.1, -0.05) is 12.1 Å². The minimum Gasteiger partial charge on any atom is -0.371 e. The van der Waals surface area contributed by atoms with Crippen molar-refractivity contribution >= 4 is 11.7 Å². The number of rotatable bonds is 8. The van der Waals surface area contributed by atoms with Crippen LogP contribution in [0.15, 0.2) is 54.6 Å². The van der Waals surface area contributed by atoms with Gasteiger partial charge in [0.05, 0.1) is 5.69 Å². The summed E-state index contributed by atoms with van der Waals surface area (Å²) in [5, 5.41) is 10.3. The predicted octanol–water partition coefficient (Wildman–Crippen LogP) is 4.46. The van der Waals surface area contributed by atoms with Crippen molar-refractivity contribution in [2.75, 3.05) is 38.1 Å². The minimum atomic E-state index is -0.287. The molecule has 2 aromatic carbocycles. The van der Waals surface area contributed by atoms with E-state index in [0.717, 1.165) is 49.3 Å². The maximum absolute atomic E-state index is 13.4. The second-order valence-corrected chi connectivity index (χ2v) is 8.58. The van der Waals surface area contributed by atoms with Gasteiger partial charge in [-0.3, -0.25) is 5.10 Å². The Morgan fingerprint density at radius 2 is 2.00 bits per heavy atom. The number of amides is 2. The van der Waals surface area contributed by atoms with E-state index in [4.69, 9.17) is 0 Å². The Kier molecular flexibility index (Phi) is 7.22. The van der Waals surface area contributed by atoms with Gasteiger partial charge in [-0.25, -0.2) is 13.6 Å². The quantitative estimate of drug-likeness (QED) is 0.530. The summed E-state index contributed by atoms with van der Waals surface area (Å²) in [5.41, 5.74) is 3.41. The van der Waals surface area contributed by atoms with Gasteiger partial charge in [0.2, 0.25) is 0 Å². The first kappa shape index (κ1) is 22.8. The Bertz CT molecular complexity index is 1070. The van der Waals surface area contributed by atoms with Crippen LogP contribution in [-0.4, -0.2) is 54.4 Å². The minimum absolute atomic E-state index is 0.0831. The molecule has 1 aliphatic rings. The first-order valence-electron chi connectivity index (χ1n) is 11.3. The second-order valence-electron chi connectivity index (χ2n) is 8.58. The lowest BCUT2D eigenvalue weighted by Crippen LogP contribution is -2.40. The van der Waals surface area contributed by atoms with Crippen molar-refractivity contribution in [3.8, 4) is 11.3 Å². The van der Waals surface area contributed by atoms with Crippen LogP contribution in [0.1, 0.15) is 18.5 Å². The molecule has 3 aromatic rings. The van der Waals surface area contributed by atoms with Crippen molar-refractivity contribution < 1.29 is 13.6 Å². The maximum atomic E-state index is 13.4. The Morgan fingerprint density at radius 3 is 2.79 bits per heavy atom. The molecule has 1 aliphatic heterocycles. The van der Waals surface area contributed by atoms with Gasteiger partial charge in [0.15, 0.2) is 0 Å². The summed E-state index contributed by atoms with van der Waals surface area (Å²) in [4.78, 5) is 16.4. The second kappa shape index (κ2) is 10.5. The van der Waals surface area contributed by atoms with Crippen molar-refractivity contribution in [1.82, 2.24) is 20.4 Å². The number of aryl methyl sites for hydroxylation is 1. The molecule has 2 N–H and O–H groups in total. The third-order valence-corrected chi connectivity index (χ3v) is 6.06. The van der Waals surface area contributed by atoms with Gasteiger partial charge in [0.1, 0.15) is 11.6 Å². The number of nitrogens with zero attached hydrogens (tertiary/aromatic N) is 3. The number of carbonyl (C=O) groups is 1. The number of carbonyl (C=O) groups excluding carboxylic acids is 1. The zero-order valence-corrected chi connectivity index (χ0v) is 18.7. The van der Waals surface area contributed by atoms with E-state index in [-0.39, 0.29) is 17.7 Å². The molecule has 1 fully saturated rings. The van der Waals surface area contributed by atoms with E-state index in [1.165, 1.54) is 24.3 Å². The van der Waals surface area contributed by atoms with Gasteiger partial charge >= 0.3 is 6.03 Å². The van der Waals surface area contributed by atoms with Crippen LogP contribution in [0.2, 0.25) is 0 Å². The van der Waals surface area contributed by atoms with E-state index < -0.39 is 0 Å². The highest BCUT2D eigenvalue weighted by Gasteiger charge is 2.23. The van der Waals surface area contributed by atoms with Crippen LogP contribution in [-0.2, 0) is 6.42 Å². The van der Waals surface area contributed by atoms with E-state index in [9.17, 15) is 13.6 Å². The molecule has 33 heavy (non-hydrogen) atoms. The average molecular weight is 454 g/mol. The molecule has 0 saturated carbocycles. The van der Waals surface area contributed by atoms with Gasteiger partial charge in [-0.2, -0.15) is 5.10 Å². The van der Waals surface area contributed by atoms with Gasteiger partial charge < -0.3 is 15.1 Å². The normalized spacial score (nSPS) is 15.6. The number of halogens is 2. The summed E-state index contributed by atoms with van der Waals surface area (Å²) in [6.07, 6.45) is 2.53. The SMILES string of the molecule is CN(CCCc1cc(-c2cccc(F)c2)n[nH]1)C(=O)NCC1CCN(c2ccc(F)cc2)C1. The summed E-state index contributed by atoms with van der Waals surface area (Å²) < 4.78 is 26.5. The van der Waals surface area contributed by atoms with E-state index in [2.05, 4.69) is 20.4 Å². The number of hydrogen-bond donors (Lipinski definition) is 2. The topological polar surface area (TPSA) is 64.3 Å². The van der Waals surface area contributed by atoms with Gasteiger partial charge in [-0.15, -0.1) is 0 Å². The predicted molar refractivity (Wildman–Crippen MR) is 125 cm³/mol. The highest BCUT2D eigenvalue weighted by Crippen LogP contribution is 2.23. The number of urea groups is 1. The Balaban J connectivity index is 1.16. The first-order valence-corrected chi connectivity index (χ1v) is 11.3. The fourth-order valence-electron chi connectivity index (χ4n) is 4.15. The van der Waals surface area contributed by atoms with Crippen molar-refractivity contribution in [3.63, 3.8) is 0 Å². The van der Waals surface area contributed by atoms with Crippen molar-refractivity contribution in [2.45, 2.75) is 19.3 Å². The lowest BCUT2D eigenvalue weighted by molar-refractivity contribution is 0.206. The largest absolute Gasteiger partial charge is 0.371 e. The van der Waals surface area contributed by atoms with Crippen LogP contribution in [0.4, 0.5) is 19.3 Å². The molecule has 8 heteroatoms. The van der Waals surface area contributed by atoms with Crippen LogP contribution in [0.3, 0.4) is 0 Å². The van der Waals surface area contributed by atoms with Crippen molar-refractivity contribution in [1.29, 1.82) is 0 Å². The monoisotopic (exact) mass is 453 g/mol. The summed E-state index contributed by atoms with van der Waals surface area (Å²) in [5.74, 6) is -0.145. The number of nitrogens with one attached hydrogen (secondary N) is 2. The lowest BCUT2D eigenvalue weighted by atomic mass is 10.1. The fourth-order valence-corrected chi connectivity index (χ4v) is 4.15. The molecule has 2 heterocycles. The van der Waals surface area contributed by atoms with Crippen LogP contribution < -0.4 is 10.2 Å². The summed E-state index contributed by atoms with van der Waals surface area (Å²) >= 11 is 0. The fraction of sp³-hybridized carbons (Fsp3) is 0.360. The van der Waals surface area contributed by atoms with E-state index in [0.29, 0.717) is 24.7 Å². The number of aromatic nitrogens is 2. The highest BCUT2D eigenvalue weighted by molar-refractivity contribution is 5.73. The summed E-state index contributed by atoms with van der Waals surface area (Å²) in [6, 6.07) is 14.7. The Hall–Kier alpha value is -3.42. The van der Waals surface area contributed by atoms with E-state index in [1.807, 2.05) is 12.1 Å². The molecule has 2 amide bonds. The Morgan fingerprint density at radius 1 is 1.18 bits per heavy atom. The third kappa shape index (κ3) is 6.09. The molecular weight excluding hydrogens is 424 g/mol. The number of hydrogen-bond acceptors (Lipinski definition) is 3. The lowest BCUT2D eigenvalue weighted by Gasteiger charge is -2.21. The molecular formula is C25H29F2N5O. The molecule has 0 aliphatic carbocycles. The van der Waals surface area contributed by atoms with E-state index >= 15 is 0 Å². The highest BCUT2D eigenvalue weighted by atomic mass is 19.1. The van der Waals surface area contributed by atoms with Crippen molar-refractivity contribution in [2.24, 2.45) is 5.92 Å². The molecule has 1 unspecified atom stereocenters. The number of aromatic amines is 1. The van der Waals surface area contributed by atoms with Crippen molar-refractivity contribution in [3.05, 3.63) is 71.9 Å². The van der Waals surface area contributed by atoms with E-state index in [1.54, 1.807) is 30.1 Å². The zero-order chi connectivity index (χ0) is 23.2. The maximum Gasteiger partial charge on any atom is 0.317 e. The zero-order valence-electron chi connectivity index (χ0n) is 18.7. The van der Waals surface area contributed by atoms with Crippen LogP contribution in [0.5, 0.6) is 0 Å². The number of H-pyrrole nitrogens is 1. The molecule has 1 atom stereocenters. The molecule has 1 saturated heterocycles. The van der Waals surface area contributed by atoms with Crippen LogP contribution >= 0.6 is 0 Å². The van der Waals surface area contributed by atoms with Gasteiger partial charge in [0.25, 0.3) is 0 Å². The molecule has 0 radical (unpaired) electrons. The standard InChI is InChI=1S/C25H29F2N5O/c1-31(12-3-6-22-15-24(30-29-22)19-4-2-5-21(27)14-19)25(33)28-16-18-11-13-32(17-18)23-9-7-20(26)8-10-23/h2,4-5,7-10,14-15,18H,3,6,11-13,16-17H2,1H3,(H,28,33)(H,29,30). The Labute approximate surface area is 192 Å². The molecule has 0 bridgehead atoms. The van der Waals surface area contributed by atoms with Gasteiger partial charge in [-0.05, 0) is 67.6 Å². The van der Waals surface area contributed by atoms with Crippen LogP contribution in [0.25, 0.3) is 11.3 Å². The molecule has 4 rings (SSSR count). The van der Waals surface area contributed by atoms with Gasteiger partial charge in [0, 0.05) is 50.2 Å². The van der Waals surface area contributed by atoms with Crippen LogP contribution in [0, 0.1) is 17.6 Å². The molecule has 0 spiro atoms. The molecule has 6 nitrogen and oxygen atoms in total. The third-order valence-electron chi connectivity index (χ3n) is 6.06. The number of benzene rings is 2.